The van der Waals surface area contributed by atoms with Gasteiger partial charge in [0.1, 0.15) is 0 Å². The highest BCUT2D eigenvalue weighted by molar-refractivity contribution is 6.31. The van der Waals surface area contributed by atoms with Crippen molar-refractivity contribution in [3.63, 3.8) is 0 Å². The Morgan fingerprint density at radius 3 is 1.64 bits per heavy atom. The van der Waals surface area contributed by atoms with E-state index >= 15 is 0 Å². The Morgan fingerprint density at radius 1 is 0.705 bits per heavy atom. The van der Waals surface area contributed by atoms with E-state index in [1.807, 2.05) is 65.4 Å². The second-order valence-electron chi connectivity index (χ2n) is 22.8. The molecule has 2 heterocycles. The number of likely N-dealkylation sites (tertiary alicyclic amines) is 2. The number of carbonyl (C=O) groups is 4. The fourth-order valence-electron chi connectivity index (χ4n) is 13.0. The number of rotatable bonds is 19. The molecule has 2 saturated carbocycles. The number of carbonyl (C=O) groups excluding carboxylic acids is 3. The first-order valence-electron chi connectivity index (χ1n) is 28.3. The lowest BCUT2D eigenvalue weighted by atomic mass is 9.72. The maximum atomic E-state index is 13.5. The fraction of sp³-hybridized carbons (Fsp3) is 0.548. The molecule has 4 aliphatic rings. The van der Waals surface area contributed by atoms with Crippen LogP contribution in [-0.4, -0.2) is 120 Å². The van der Waals surface area contributed by atoms with E-state index in [2.05, 4.69) is 55.6 Å². The molecule has 4 aromatic carbocycles. The average molecular weight is 1110 g/mol. The van der Waals surface area contributed by atoms with Gasteiger partial charge in [0.2, 0.25) is 11.8 Å². The number of benzene rings is 4. The van der Waals surface area contributed by atoms with Gasteiger partial charge in [-0.3, -0.25) is 9.59 Å². The topological polar surface area (TPSA) is 212 Å². The molecule has 8 N–H and O–H groups in total. The van der Waals surface area contributed by atoms with Crippen molar-refractivity contribution in [3.05, 3.63) is 139 Å². The molecule has 14 nitrogen and oxygen atoms in total. The summed E-state index contributed by atoms with van der Waals surface area (Å²) in [5, 5.41) is 39.1. The number of hydrogen-bond acceptors (Lipinski definition) is 9. The van der Waals surface area contributed by atoms with Crippen LogP contribution in [0, 0.1) is 37.5 Å². The number of nitrogens with one attached hydrogen (secondary N) is 1. The van der Waals surface area contributed by atoms with Gasteiger partial charge in [0.15, 0.2) is 0 Å². The van der Waals surface area contributed by atoms with Gasteiger partial charge in [0.25, 0.3) is 0 Å². The van der Waals surface area contributed by atoms with Crippen molar-refractivity contribution in [1.29, 1.82) is 0 Å². The van der Waals surface area contributed by atoms with Crippen LogP contribution in [0.4, 0.5) is 9.59 Å². The van der Waals surface area contributed by atoms with Crippen LogP contribution in [0.15, 0.2) is 84.9 Å². The minimum Gasteiger partial charge on any atom is -0.465 e. The molecular weight excluding hydrogens is 1030 g/mol. The largest absolute Gasteiger partial charge is 0.465 e. The van der Waals surface area contributed by atoms with Crippen molar-refractivity contribution in [2.24, 2.45) is 35.1 Å². The molecule has 2 saturated heterocycles. The van der Waals surface area contributed by atoms with E-state index in [-0.39, 0.29) is 48.1 Å². The predicted octanol–water partition coefficient (Wildman–Crippen LogP) is 10.1. The molecule has 4 amide bonds. The van der Waals surface area contributed by atoms with Crippen LogP contribution in [-0.2, 0) is 38.4 Å². The fourth-order valence-corrected chi connectivity index (χ4v) is 13.5. The number of nitrogens with two attached hydrogens (primary N) is 2. The van der Waals surface area contributed by atoms with Crippen LogP contribution in [0.1, 0.15) is 134 Å². The zero-order chi connectivity index (χ0) is 56.1. The number of halogens is 2. The maximum absolute atomic E-state index is 13.5. The number of aryl methyl sites for hydroxylation is 2. The molecule has 16 heteroatoms. The van der Waals surface area contributed by atoms with E-state index in [1.165, 1.54) is 11.9 Å². The highest BCUT2D eigenvalue weighted by Crippen LogP contribution is 2.46. The molecule has 0 bridgehead atoms. The van der Waals surface area contributed by atoms with E-state index in [1.54, 1.807) is 0 Å². The molecule has 0 spiro atoms. The van der Waals surface area contributed by atoms with Crippen molar-refractivity contribution in [2.75, 3.05) is 53.4 Å². The number of piperidine rings is 2. The maximum Gasteiger partial charge on any atom is 0.407 e. The Morgan fingerprint density at radius 2 is 1.19 bits per heavy atom. The van der Waals surface area contributed by atoms with Crippen LogP contribution in [0.3, 0.4) is 0 Å². The zero-order valence-electron chi connectivity index (χ0n) is 46.2. The van der Waals surface area contributed by atoms with Gasteiger partial charge in [-0.25, -0.2) is 9.59 Å². The van der Waals surface area contributed by atoms with E-state index in [0.29, 0.717) is 87.3 Å². The highest BCUT2D eigenvalue weighted by Gasteiger charge is 2.46. The van der Waals surface area contributed by atoms with Crippen molar-refractivity contribution in [2.45, 2.75) is 140 Å². The Kier molecular flexibility index (Phi) is 21.5. The smallest absolute Gasteiger partial charge is 0.407 e. The van der Waals surface area contributed by atoms with Crippen LogP contribution in [0.5, 0.6) is 0 Å². The summed E-state index contributed by atoms with van der Waals surface area (Å²) in [5.74, 6) is -0.0507. The van der Waals surface area contributed by atoms with Gasteiger partial charge >= 0.3 is 12.2 Å². The summed E-state index contributed by atoms with van der Waals surface area (Å²) in [6.45, 7) is 6.89. The number of primary amides is 1. The first kappa shape index (κ1) is 60.4. The Hall–Kier alpha value is -5.22. The molecule has 78 heavy (non-hydrogen) atoms. The molecule has 8 unspecified atom stereocenters. The van der Waals surface area contributed by atoms with Gasteiger partial charge in [0.05, 0.1) is 17.8 Å². The minimum absolute atomic E-state index is 0.0290. The van der Waals surface area contributed by atoms with Crippen LogP contribution in [0.2, 0.25) is 10.0 Å². The molecule has 424 valence electrons. The van der Waals surface area contributed by atoms with Gasteiger partial charge in [-0.15, -0.1) is 0 Å². The third kappa shape index (κ3) is 15.4. The van der Waals surface area contributed by atoms with E-state index in [0.717, 1.165) is 109 Å². The van der Waals surface area contributed by atoms with Crippen molar-refractivity contribution >= 4 is 47.2 Å². The molecule has 0 aromatic heterocycles. The van der Waals surface area contributed by atoms with E-state index in [9.17, 15) is 34.5 Å². The molecule has 2 aliphatic carbocycles. The SMILES string of the molecule is CNC1CCC(C(=O)N2CCCC(C(O)(CCCOC(N)=O)c3cccc(Cl)c3Cc3cccc(C)c3)C2)C1.Cc1cccc(Cc2c(Cl)cccc2C(O)(CCCN(C)C(=O)O)C2CCCN(C(=O)C3CCC(N)C3)C2)c1. The predicted molar refractivity (Wildman–Crippen MR) is 307 cm³/mol. The Bertz CT molecular complexity index is 2690. The van der Waals surface area contributed by atoms with Crippen molar-refractivity contribution in [1.82, 2.24) is 20.0 Å². The number of aliphatic hydroxyl groups is 2. The standard InChI is InChI=1S/2C31H42ClN3O4/c1-21-7-3-8-22(17-21)18-26-27(10-4-11-28(26)32)31(39,14-6-15-34(2)30(37)38)24-9-5-16-35(20-24)29(36)23-12-13-25(33)19-23;1-21-7-3-8-22(17-21)18-26-27(10-4-11-28(26)32)31(38,14-6-16-39-30(33)37)24-9-5-15-35(20-24)29(36)23-12-13-25(19-23)34-2/h3-4,7-8,10-11,17,23-25,39H,5-6,9,12-16,18-20,33H2,1-2H3,(H,37,38);3-4,7-8,10-11,17,23-25,34,38H,5-6,9,12-16,18-20H2,1-2H3,(H2,33,37). The highest BCUT2D eigenvalue weighted by atomic mass is 35.5. The van der Waals surface area contributed by atoms with Gasteiger partial charge in [-0.05, 0) is 169 Å². The molecular formula is C62H84Cl2N6O8. The average Bonchev–Trinajstić information content (AvgIpc) is 4.17. The number of hydrogen-bond donors (Lipinski definition) is 6. The van der Waals surface area contributed by atoms with Crippen LogP contribution < -0.4 is 16.8 Å². The summed E-state index contributed by atoms with van der Waals surface area (Å²) in [6.07, 6.45) is 9.37. The minimum atomic E-state index is -1.27. The monoisotopic (exact) mass is 1110 g/mol. The first-order chi connectivity index (χ1) is 37.3. The lowest BCUT2D eigenvalue weighted by Crippen LogP contribution is -2.50. The quantitative estimate of drug-likeness (QED) is 0.0489. The van der Waals surface area contributed by atoms with Gasteiger partial charge in [-0.1, -0.05) is 107 Å². The van der Waals surface area contributed by atoms with Crippen molar-refractivity contribution in [3.8, 4) is 0 Å². The lowest BCUT2D eigenvalue weighted by molar-refractivity contribution is -0.141. The number of carboxylic acid groups (broad SMARTS) is 1. The van der Waals surface area contributed by atoms with Crippen molar-refractivity contribution < 1.29 is 39.2 Å². The lowest BCUT2D eigenvalue weighted by Gasteiger charge is -2.44. The van der Waals surface area contributed by atoms with E-state index in [4.69, 9.17) is 39.4 Å². The number of nitrogens with zero attached hydrogens (tertiary/aromatic N) is 3. The second kappa shape index (κ2) is 27.8. The summed E-state index contributed by atoms with van der Waals surface area (Å²) < 4.78 is 5.00. The number of ether oxygens (including phenoxy) is 1. The van der Waals surface area contributed by atoms with Gasteiger partial charge in [-0.2, -0.15) is 0 Å². The van der Waals surface area contributed by atoms with Gasteiger partial charge in [0, 0.05) is 85.6 Å². The summed E-state index contributed by atoms with van der Waals surface area (Å²) in [6, 6.07) is 28.4. The van der Waals surface area contributed by atoms with Gasteiger partial charge < -0.3 is 51.5 Å². The summed E-state index contributed by atoms with van der Waals surface area (Å²) >= 11 is 13.6. The van der Waals surface area contributed by atoms with E-state index < -0.39 is 23.4 Å². The third-order valence-electron chi connectivity index (χ3n) is 17.3. The summed E-state index contributed by atoms with van der Waals surface area (Å²) in [4.78, 5) is 54.7. The van der Waals surface area contributed by atoms with Crippen LogP contribution >= 0.6 is 23.2 Å². The summed E-state index contributed by atoms with van der Waals surface area (Å²) in [5.41, 5.74) is 16.6. The second-order valence-corrected chi connectivity index (χ2v) is 23.6. The third-order valence-corrected chi connectivity index (χ3v) is 18.0. The molecule has 8 rings (SSSR count). The molecule has 8 atom stereocenters. The molecule has 2 aliphatic heterocycles. The molecule has 4 fully saturated rings. The summed E-state index contributed by atoms with van der Waals surface area (Å²) in [7, 11) is 3.49. The number of amides is 4. The normalized spacial score (nSPS) is 22.9. The molecule has 0 radical (unpaired) electrons. The first-order valence-corrected chi connectivity index (χ1v) is 29.0. The molecule has 4 aromatic rings. The zero-order valence-corrected chi connectivity index (χ0v) is 47.8. The van der Waals surface area contributed by atoms with Crippen LogP contribution in [0.25, 0.3) is 0 Å². The Labute approximate surface area is 472 Å². The Balaban J connectivity index is 0.000000226.